The summed E-state index contributed by atoms with van der Waals surface area (Å²) in [6, 6.07) is 0. The molecule has 0 saturated carbocycles. The SMILES string of the molecule is C#CCC(=O)N1CCC2CNCC2C1. The molecule has 2 fully saturated rings. The van der Waals surface area contributed by atoms with E-state index < -0.39 is 0 Å². The maximum Gasteiger partial charge on any atom is 0.234 e. The number of fused-ring (bicyclic) bond motifs is 1. The van der Waals surface area contributed by atoms with Crippen LogP contribution in [0, 0.1) is 24.2 Å². The summed E-state index contributed by atoms with van der Waals surface area (Å²) in [5.74, 6) is 3.98. The number of piperidine rings is 1. The summed E-state index contributed by atoms with van der Waals surface area (Å²) >= 11 is 0. The highest BCUT2D eigenvalue weighted by Gasteiger charge is 2.33. The van der Waals surface area contributed by atoms with Crippen LogP contribution in [0.25, 0.3) is 0 Å². The monoisotopic (exact) mass is 192 g/mol. The van der Waals surface area contributed by atoms with Crippen LogP contribution in [0.2, 0.25) is 0 Å². The highest BCUT2D eigenvalue weighted by atomic mass is 16.2. The summed E-state index contributed by atoms with van der Waals surface area (Å²) < 4.78 is 0. The molecular weight excluding hydrogens is 176 g/mol. The number of terminal acetylenes is 1. The molecule has 2 heterocycles. The van der Waals surface area contributed by atoms with Gasteiger partial charge in [0, 0.05) is 13.1 Å². The van der Waals surface area contributed by atoms with Gasteiger partial charge in [0.2, 0.25) is 5.91 Å². The lowest BCUT2D eigenvalue weighted by atomic mass is 9.88. The van der Waals surface area contributed by atoms with Gasteiger partial charge in [-0.3, -0.25) is 4.79 Å². The Balaban J connectivity index is 1.91. The van der Waals surface area contributed by atoms with Crippen molar-refractivity contribution in [3.63, 3.8) is 0 Å². The average molecular weight is 192 g/mol. The van der Waals surface area contributed by atoms with Crippen molar-refractivity contribution in [1.29, 1.82) is 0 Å². The van der Waals surface area contributed by atoms with E-state index in [9.17, 15) is 4.79 Å². The maximum atomic E-state index is 11.5. The van der Waals surface area contributed by atoms with Gasteiger partial charge in [-0.1, -0.05) is 5.92 Å². The summed E-state index contributed by atoms with van der Waals surface area (Å²) in [5, 5.41) is 3.38. The summed E-state index contributed by atoms with van der Waals surface area (Å²) in [5.41, 5.74) is 0. The van der Waals surface area contributed by atoms with E-state index in [4.69, 9.17) is 6.42 Å². The molecule has 2 aliphatic rings. The third-order valence-electron chi connectivity index (χ3n) is 3.31. The zero-order chi connectivity index (χ0) is 9.97. The van der Waals surface area contributed by atoms with Gasteiger partial charge in [-0.2, -0.15) is 0 Å². The van der Waals surface area contributed by atoms with Gasteiger partial charge in [-0.05, 0) is 31.3 Å². The molecule has 76 valence electrons. The molecule has 1 N–H and O–H groups in total. The number of likely N-dealkylation sites (tertiary alicyclic amines) is 1. The van der Waals surface area contributed by atoms with Crippen LogP contribution in [0.3, 0.4) is 0 Å². The van der Waals surface area contributed by atoms with Crippen molar-refractivity contribution in [3.8, 4) is 12.3 Å². The lowest BCUT2D eigenvalue weighted by molar-refractivity contribution is -0.132. The minimum absolute atomic E-state index is 0.123. The third kappa shape index (κ3) is 1.76. The van der Waals surface area contributed by atoms with Crippen LogP contribution >= 0.6 is 0 Å². The number of nitrogens with zero attached hydrogens (tertiary/aromatic N) is 1. The number of amides is 1. The minimum Gasteiger partial charge on any atom is -0.342 e. The number of nitrogens with one attached hydrogen (secondary N) is 1. The summed E-state index contributed by atoms with van der Waals surface area (Å²) in [4.78, 5) is 13.5. The third-order valence-corrected chi connectivity index (χ3v) is 3.31. The molecule has 0 aromatic carbocycles. The first kappa shape index (κ1) is 9.54. The van der Waals surface area contributed by atoms with Gasteiger partial charge in [0.05, 0.1) is 6.42 Å². The lowest BCUT2D eigenvalue weighted by Gasteiger charge is -2.34. The zero-order valence-corrected chi connectivity index (χ0v) is 8.33. The van der Waals surface area contributed by atoms with Crippen LogP contribution in [0.15, 0.2) is 0 Å². The molecule has 3 heteroatoms. The molecule has 0 spiro atoms. The Hall–Kier alpha value is -1.01. The number of carbonyl (C=O) groups excluding carboxylic acids is 1. The molecular formula is C11H16N2O. The number of rotatable bonds is 1. The Morgan fingerprint density at radius 1 is 1.50 bits per heavy atom. The van der Waals surface area contributed by atoms with E-state index in [1.54, 1.807) is 0 Å². The van der Waals surface area contributed by atoms with E-state index in [0.717, 1.165) is 38.5 Å². The molecule has 0 aromatic rings. The van der Waals surface area contributed by atoms with Crippen molar-refractivity contribution < 1.29 is 4.79 Å². The Morgan fingerprint density at radius 2 is 2.29 bits per heavy atom. The molecule has 2 saturated heterocycles. The molecule has 0 bridgehead atoms. The molecule has 1 amide bonds. The first-order valence-corrected chi connectivity index (χ1v) is 5.23. The second-order valence-corrected chi connectivity index (χ2v) is 4.19. The van der Waals surface area contributed by atoms with Gasteiger partial charge < -0.3 is 10.2 Å². The fourth-order valence-corrected chi connectivity index (χ4v) is 2.46. The van der Waals surface area contributed by atoms with Crippen molar-refractivity contribution in [2.45, 2.75) is 12.8 Å². The Labute approximate surface area is 84.8 Å². The summed E-state index contributed by atoms with van der Waals surface area (Å²) in [6.45, 7) is 3.98. The van der Waals surface area contributed by atoms with E-state index in [2.05, 4.69) is 11.2 Å². The predicted molar refractivity (Wildman–Crippen MR) is 54.5 cm³/mol. The van der Waals surface area contributed by atoms with E-state index in [0.29, 0.717) is 5.92 Å². The first-order chi connectivity index (χ1) is 6.81. The fourth-order valence-electron chi connectivity index (χ4n) is 2.46. The van der Waals surface area contributed by atoms with Crippen LogP contribution in [0.4, 0.5) is 0 Å². The van der Waals surface area contributed by atoms with Gasteiger partial charge in [-0.25, -0.2) is 0 Å². The van der Waals surface area contributed by atoms with Crippen LogP contribution in [-0.4, -0.2) is 37.0 Å². The molecule has 2 atom stereocenters. The molecule has 2 unspecified atom stereocenters. The average Bonchev–Trinajstić information content (AvgIpc) is 2.64. The maximum absolute atomic E-state index is 11.5. The van der Waals surface area contributed by atoms with Gasteiger partial charge in [0.1, 0.15) is 0 Å². The van der Waals surface area contributed by atoms with Crippen molar-refractivity contribution in [1.82, 2.24) is 10.2 Å². The van der Waals surface area contributed by atoms with Crippen LogP contribution < -0.4 is 5.32 Å². The summed E-state index contributed by atoms with van der Waals surface area (Å²) in [6.07, 6.45) is 6.52. The minimum atomic E-state index is 0.123. The van der Waals surface area contributed by atoms with Gasteiger partial charge in [0.15, 0.2) is 0 Å². The number of carbonyl (C=O) groups is 1. The standard InChI is InChI=1S/C11H16N2O/c1-2-3-11(14)13-5-4-9-6-12-7-10(9)8-13/h1,9-10,12H,3-8H2. The Kier molecular flexibility index (Phi) is 2.74. The van der Waals surface area contributed by atoms with Crippen molar-refractivity contribution in [2.75, 3.05) is 26.2 Å². The van der Waals surface area contributed by atoms with Gasteiger partial charge in [-0.15, -0.1) is 6.42 Å². The van der Waals surface area contributed by atoms with E-state index in [1.165, 1.54) is 0 Å². The highest BCUT2D eigenvalue weighted by molar-refractivity contribution is 5.78. The summed E-state index contributed by atoms with van der Waals surface area (Å²) in [7, 11) is 0. The van der Waals surface area contributed by atoms with Crippen molar-refractivity contribution in [3.05, 3.63) is 0 Å². The fraction of sp³-hybridized carbons (Fsp3) is 0.727. The Bertz CT molecular complexity index is 269. The molecule has 0 radical (unpaired) electrons. The number of hydrogen-bond acceptors (Lipinski definition) is 2. The van der Waals surface area contributed by atoms with E-state index in [1.807, 2.05) is 4.90 Å². The van der Waals surface area contributed by atoms with Crippen molar-refractivity contribution >= 4 is 5.91 Å². The van der Waals surface area contributed by atoms with Gasteiger partial charge >= 0.3 is 0 Å². The molecule has 0 aromatic heterocycles. The highest BCUT2D eigenvalue weighted by Crippen LogP contribution is 2.26. The molecule has 0 aliphatic carbocycles. The van der Waals surface area contributed by atoms with Crippen LogP contribution in [-0.2, 0) is 4.79 Å². The molecule has 2 aliphatic heterocycles. The van der Waals surface area contributed by atoms with Crippen LogP contribution in [0.5, 0.6) is 0 Å². The lowest BCUT2D eigenvalue weighted by Crippen LogP contribution is -2.43. The quantitative estimate of drug-likeness (QED) is 0.597. The second-order valence-electron chi connectivity index (χ2n) is 4.19. The van der Waals surface area contributed by atoms with E-state index >= 15 is 0 Å². The normalized spacial score (nSPS) is 30.9. The molecule has 3 nitrogen and oxygen atoms in total. The Morgan fingerprint density at radius 3 is 3.07 bits per heavy atom. The van der Waals surface area contributed by atoms with Gasteiger partial charge in [0.25, 0.3) is 0 Å². The number of hydrogen-bond donors (Lipinski definition) is 1. The largest absolute Gasteiger partial charge is 0.342 e. The topological polar surface area (TPSA) is 32.3 Å². The molecule has 14 heavy (non-hydrogen) atoms. The van der Waals surface area contributed by atoms with E-state index in [-0.39, 0.29) is 12.3 Å². The smallest absolute Gasteiger partial charge is 0.234 e. The second kappa shape index (κ2) is 4.02. The predicted octanol–water partition coefficient (Wildman–Crippen LogP) is 0.0776. The molecule has 2 rings (SSSR count). The zero-order valence-electron chi connectivity index (χ0n) is 8.33. The van der Waals surface area contributed by atoms with Crippen LogP contribution in [0.1, 0.15) is 12.8 Å². The van der Waals surface area contributed by atoms with Crippen molar-refractivity contribution in [2.24, 2.45) is 11.8 Å². The first-order valence-electron chi connectivity index (χ1n) is 5.23.